The number of rotatable bonds is 5. The second kappa shape index (κ2) is 5.85. The molecule has 102 valence electrons. The molecule has 18 heavy (non-hydrogen) atoms. The molecule has 1 rings (SSSR count). The zero-order chi connectivity index (χ0) is 13.8. The van der Waals surface area contributed by atoms with E-state index in [1.807, 2.05) is 13.8 Å². The van der Waals surface area contributed by atoms with Gasteiger partial charge in [0.05, 0.1) is 6.61 Å². The third-order valence-electron chi connectivity index (χ3n) is 1.84. The number of carbonyl (C=O) groups is 1. The Hall–Kier alpha value is -1.57. The van der Waals surface area contributed by atoms with Gasteiger partial charge in [-0.2, -0.15) is 18.3 Å². The number of aromatic nitrogens is 2. The molecule has 0 saturated heterocycles. The van der Waals surface area contributed by atoms with E-state index in [-0.39, 0.29) is 12.5 Å². The molecule has 0 radical (unpaired) electrons. The Kier molecular flexibility index (Phi) is 4.71. The van der Waals surface area contributed by atoms with E-state index in [4.69, 9.17) is 4.84 Å². The maximum absolute atomic E-state index is 12.2. The summed E-state index contributed by atoms with van der Waals surface area (Å²) in [5.74, 6) is -0.320. The van der Waals surface area contributed by atoms with Gasteiger partial charge in [0.1, 0.15) is 6.54 Å². The SMILES string of the molecule is CC(C)CONC(=O)Cn1ccc(C(F)(F)F)n1. The molecule has 0 saturated carbocycles. The molecule has 0 aliphatic rings. The number of hydrogen-bond donors (Lipinski definition) is 1. The number of hydrogen-bond acceptors (Lipinski definition) is 3. The summed E-state index contributed by atoms with van der Waals surface area (Å²) < 4.78 is 37.6. The predicted octanol–water partition coefficient (Wildman–Crippen LogP) is 1.61. The van der Waals surface area contributed by atoms with Gasteiger partial charge in [-0.25, -0.2) is 5.48 Å². The van der Waals surface area contributed by atoms with Gasteiger partial charge >= 0.3 is 6.18 Å². The van der Waals surface area contributed by atoms with Crippen molar-refractivity contribution >= 4 is 5.91 Å². The number of alkyl halides is 3. The van der Waals surface area contributed by atoms with Crippen molar-refractivity contribution in [1.29, 1.82) is 0 Å². The molecular formula is C10H14F3N3O2. The van der Waals surface area contributed by atoms with Crippen LogP contribution in [0.4, 0.5) is 13.2 Å². The van der Waals surface area contributed by atoms with Crippen LogP contribution < -0.4 is 5.48 Å². The summed E-state index contributed by atoms with van der Waals surface area (Å²) in [7, 11) is 0. The summed E-state index contributed by atoms with van der Waals surface area (Å²) in [5.41, 5.74) is 1.10. The largest absolute Gasteiger partial charge is 0.435 e. The maximum Gasteiger partial charge on any atom is 0.435 e. The Morgan fingerprint density at radius 1 is 1.56 bits per heavy atom. The summed E-state index contributed by atoms with van der Waals surface area (Å²) in [6.45, 7) is 3.80. The molecule has 0 aliphatic heterocycles. The molecule has 5 nitrogen and oxygen atoms in total. The maximum atomic E-state index is 12.2. The molecule has 0 unspecified atom stereocenters. The lowest BCUT2D eigenvalue weighted by atomic mass is 10.2. The van der Waals surface area contributed by atoms with E-state index in [2.05, 4.69) is 10.6 Å². The summed E-state index contributed by atoms with van der Waals surface area (Å²) in [6.07, 6.45) is -3.42. The molecule has 0 aliphatic carbocycles. The van der Waals surface area contributed by atoms with Crippen LogP contribution in [0.5, 0.6) is 0 Å². The molecule has 1 aromatic rings. The molecule has 8 heteroatoms. The first-order valence-electron chi connectivity index (χ1n) is 5.30. The van der Waals surface area contributed by atoms with Gasteiger partial charge in [-0.15, -0.1) is 0 Å². The van der Waals surface area contributed by atoms with Crippen molar-refractivity contribution in [3.05, 3.63) is 18.0 Å². The van der Waals surface area contributed by atoms with Crippen molar-refractivity contribution in [2.75, 3.05) is 6.61 Å². The highest BCUT2D eigenvalue weighted by atomic mass is 19.4. The van der Waals surface area contributed by atoms with Crippen molar-refractivity contribution in [3.8, 4) is 0 Å². The van der Waals surface area contributed by atoms with E-state index in [9.17, 15) is 18.0 Å². The number of nitrogens with zero attached hydrogens (tertiary/aromatic N) is 2. The van der Waals surface area contributed by atoms with Gasteiger partial charge in [-0.3, -0.25) is 14.3 Å². The van der Waals surface area contributed by atoms with Crippen LogP contribution in [-0.2, 0) is 22.4 Å². The van der Waals surface area contributed by atoms with Gasteiger partial charge in [0, 0.05) is 6.20 Å². The average molecular weight is 265 g/mol. The van der Waals surface area contributed by atoms with Gasteiger partial charge < -0.3 is 0 Å². The van der Waals surface area contributed by atoms with Crippen LogP contribution in [0.3, 0.4) is 0 Å². The Labute approximate surface area is 102 Å². The third-order valence-corrected chi connectivity index (χ3v) is 1.84. The highest BCUT2D eigenvalue weighted by Crippen LogP contribution is 2.27. The van der Waals surface area contributed by atoms with E-state index >= 15 is 0 Å². The van der Waals surface area contributed by atoms with Crippen molar-refractivity contribution in [3.63, 3.8) is 0 Å². The second-order valence-corrected chi connectivity index (χ2v) is 4.13. The summed E-state index contributed by atoms with van der Waals surface area (Å²) >= 11 is 0. The number of hydroxylamine groups is 1. The van der Waals surface area contributed by atoms with E-state index in [0.29, 0.717) is 6.61 Å². The van der Waals surface area contributed by atoms with Gasteiger partial charge in [-0.05, 0) is 12.0 Å². The summed E-state index contributed by atoms with van der Waals surface area (Å²) in [5, 5.41) is 3.24. The van der Waals surface area contributed by atoms with Crippen LogP contribution in [-0.4, -0.2) is 22.3 Å². The van der Waals surface area contributed by atoms with Crippen LogP contribution >= 0.6 is 0 Å². The van der Waals surface area contributed by atoms with Crippen molar-refractivity contribution in [1.82, 2.24) is 15.3 Å². The minimum Gasteiger partial charge on any atom is -0.273 e. The standard InChI is InChI=1S/C10H14F3N3O2/c1-7(2)6-18-15-9(17)5-16-4-3-8(14-16)10(11,12)13/h3-4,7H,5-6H2,1-2H3,(H,15,17). The fourth-order valence-electron chi connectivity index (χ4n) is 1.07. The zero-order valence-electron chi connectivity index (χ0n) is 9.99. The minimum absolute atomic E-state index is 0.242. The molecular weight excluding hydrogens is 251 g/mol. The van der Waals surface area contributed by atoms with Crippen molar-refractivity contribution in [2.24, 2.45) is 5.92 Å². The molecule has 1 N–H and O–H groups in total. The first kappa shape index (κ1) is 14.5. The quantitative estimate of drug-likeness (QED) is 0.823. The highest BCUT2D eigenvalue weighted by Gasteiger charge is 2.33. The minimum atomic E-state index is -4.50. The van der Waals surface area contributed by atoms with Gasteiger partial charge in [0.25, 0.3) is 5.91 Å². The Morgan fingerprint density at radius 3 is 2.72 bits per heavy atom. The summed E-state index contributed by atoms with van der Waals surface area (Å²) in [4.78, 5) is 16.1. The Morgan fingerprint density at radius 2 is 2.22 bits per heavy atom. The molecule has 0 fully saturated rings. The van der Waals surface area contributed by atoms with Crippen LogP contribution in [0.2, 0.25) is 0 Å². The zero-order valence-corrected chi connectivity index (χ0v) is 9.99. The topological polar surface area (TPSA) is 56.1 Å². The van der Waals surface area contributed by atoms with E-state index in [1.165, 1.54) is 0 Å². The number of carbonyl (C=O) groups excluding carboxylic acids is 1. The third kappa shape index (κ3) is 4.74. The first-order chi connectivity index (χ1) is 8.29. The number of nitrogens with one attached hydrogen (secondary N) is 1. The number of amides is 1. The van der Waals surface area contributed by atoms with Crippen molar-refractivity contribution in [2.45, 2.75) is 26.6 Å². The van der Waals surface area contributed by atoms with Crippen LogP contribution in [0, 0.1) is 5.92 Å². The first-order valence-corrected chi connectivity index (χ1v) is 5.30. The Bertz CT molecular complexity index is 401. The number of halogens is 3. The fourth-order valence-corrected chi connectivity index (χ4v) is 1.07. The molecule has 0 bridgehead atoms. The predicted molar refractivity (Wildman–Crippen MR) is 56.2 cm³/mol. The molecule has 0 spiro atoms. The normalized spacial score (nSPS) is 11.9. The highest BCUT2D eigenvalue weighted by molar-refractivity contribution is 5.74. The Balaban J connectivity index is 2.43. The van der Waals surface area contributed by atoms with Crippen LogP contribution in [0.25, 0.3) is 0 Å². The van der Waals surface area contributed by atoms with Gasteiger partial charge in [-0.1, -0.05) is 13.8 Å². The van der Waals surface area contributed by atoms with Gasteiger partial charge in [0.2, 0.25) is 0 Å². The molecule has 0 aromatic carbocycles. The molecule has 1 heterocycles. The van der Waals surface area contributed by atoms with E-state index in [1.54, 1.807) is 0 Å². The van der Waals surface area contributed by atoms with Crippen LogP contribution in [0.1, 0.15) is 19.5 Å². The van der Waals surface area contributed by atoms with E-state index in [0.717, 1.165) is 16.9 Å². The second-order valence-electron chi connectivity index (χ2n) is 4.13. The molecule has 1 amide bonds. The molecule has 1 aromatic heterocycles. The summed E-state index contributed by atoms with van der Waals surface area (Å²) in [6, 6.07) is 0.808. The monoisotopic (exact) mass is 265 g/mol. The van der Waals surface area contributed by atoms with Gasteiger partial charge in [0.15, 0.2) is 5.69 Å². The lowest BCUT2D eigenvalue weighted by Gasteiger charge is -2.07. The average Bonchev–Trinajstić information content (AvgIpc) is 2.64. The molecule has 0 atom stereocenters. The smallest absolute Gasteiger partial charge is 0.273 e. The van der Waals surface area contributed by atoms with E-state index < -0.39 is 17.8 Å². The lowest BCUT2D eigenvalue weighted by Crippen LogP contribution is -2.29. The lowest BCUT2D eigenvalue weighted by molar-refractivity contribution is -0.142. The fraction of sp³-hybridized carbons (Fsp3) is 0.600. The van der Waals surface area contributed by atoms with Crippen LogP contribution in [0.15, 0.2) is 12.3 Å². The van der Waals surface area contributed by atoms with Crippen molar-refractivity contribution < 1.29 is 22.8 Å².